The zero-order chi connectivity index (χ0) is 27.7. The fourth-order valence-electron chi connectivity index (χ4n) is 4.97. The minimum absolute atomic E-state index is 0.0362. The molecule has 0 spiro atoms. The summed E-state index contributed by atoms with van der Waals surface area (Å²) in [5, 5.41) is 6.04. The average Bonchev–Trinajstić information content (AvgIpc) is 3.37. The largest absolute Gasteiger partial charge is 0.342 e. The standard InChI is InChI=1S/C28H40N4O5/c1-16(2)12-20(30-27(37)18-8-10-19(11-9-18)28(4,5)6)26(36)21-13-22-25(29-21)23(34)14-32(22)24(35)15-31(7)17(3)33/h8-11,16,20-22,25,29H,12-15H2,1-7H3,(H,30,37). The molecule has 2 N–H and O–H groups in total. The summed E-state index contributed by atoms with van der Waals surface area (Å²) < 4.78 is 0. The van der Waals surface area contributed by atoms with E-state index >= 15 is 0 Å². The van der Waals surface area contributed by atoms with E-state index in [2.05, 4.69) is 31.4 Å². The zero-order valence-electron chi connectivity index (χ0n) is 23.0. The number of likely N-dealkylation sites (tertiary alicyclic amines) is 1. The number of hydrogen-bond acceptors (Lipinski definition) is 6. The first kappa shape index (κ1) is 28.5. The van der Waals surface area contributed by atoms with Crippen LogP contribution in [0.2, 0.25) is 0 Å². The minimum atomic E-state index is -0.728. The Morgan fingerprint density at radius 3 is 2.30 bits per heavy atom. The first-order chi connectivity index (χ1) is 17.2. The lowest BCUT2D eigenvalue weighted by Gasteiger charge is -2.26. The van der Waals surface area contributed by atoms with E-state index in [1.807, 2.05) is 26.0 Å². The molecular weight excluding hydrogens is 472 g/mol. The molecule has 0 bridgehead atoms. The van der Waals surface area contributed by atoms with Crippen molar-refractivity contribution in [2.45, 2.75) is 84.0 Å². The number of nitrogens with one attached hydrogen (secondary N) is 2. The Morgan fingerprint density at radius 2 is 1.76 bits per heavy atom. The van der Waals surface area contributed by atoms with E-state index in [0.717, 1.165) is 5.56 Å². The SMILES string of the molecule is CC(=O)N(C)CC(=O)N1CC(=O)C2NC(C(=O)C(CC(C)C)NC(=O)c3ccc(C(C)(C)C)cc3)CC21. The number of hydrogen-bond donors (Lipinski definition) is 2. The Kier molecular flexibility index (Phi) is 8.57. The Hall–Kier alpha value is -3.07. The summed E-state index contributed by atoms with van der Waals surface area (Å²) in [6.45, 7) is 11.5. The molecule has 9 nitrogen and oxygen atoms in total. The maximum Gasteiger partial charge on any atom is 0.251 e. The van der Waals surface area contributed by atoms with Gasteiger partial charge in [-0.2, -0.15) is 0 Å². The van der Waals surface area contributed by atoms with Crippen LogP contribution in [0.3, 0.4) is 0 Å². The maximum atomic E-state index is 13.6. The maximum absolute atomic E-state index is 13.6. The highest BCUT2D eigenvalue weighted by atomic mass is 16.2. The van der Waals surface area contributed by atoms with Crippen molar-refractivity contribution in [1.82, 2.24) is 20.4 Å². The van der Waals surface area contributed by atoms with Gasteiger partial charge in [0.1, 0.15) is 0 Å². The highest BCUT2D eigenvalue weighted by molar-refractivity contribution is 6.01. The second-order valence-corrected chi connectivity index (χ2v) is 11.7. The highest BCUT2D eigenvalue weighted by Crippen LogP contribution is 2.28. The lowest BCUT2D eigenvalue weighted by atomic mass is 9.86. The first-order valence-electron chi connectivity index (χ1n) is 12.9. The molecule has 1 aromatic rings. The number of carbonyl (C=O) groups excluding carboxylic acids is 5. The number of benzene rings is 1. The summed E-state index contributed by atoms with van der Waals surface area (Å²) in [5.41, 5.74) is 1.55. The molecule has 0 aromatic heterocycles. The van der Waals surface area contributed by atoms with Crippen molar-refractivity contribution in [1.29, 1.82) is 0 Å². The number of rotatable bonds is 8. The smallest absolute Gasteiger partial charge is 0.251 e. The van der Waals surface area contributed by atoms with Crippen molar-refractivity contribution in [2.24, 2.45) is 5.92 Å². The fraction of sp³-hybridized carbons (Fsp3) is 0.607. The van der Waals surface area contributed by atoms with Gasteiger partial charge in [-0.15, -0.1) is 0 Å². The van der Waals surface area contributed by atoms with E-state index < -0.39 is 24.2 Å². The number of amides is 3. The highest BCUT2D eigenvalue weighted by Gasteiger charge is 2.51. The van der Waals surface area contributed by atoms with Crippen LogP contribution in [0.4, 0.5) is 0 Å². The monoisotopic (exact) mass is 512 g/mol. The Morgan fingerprint density at radius 1 is 1.14 bits per heavy atom. The van der Waals surface area contributed by atoms with E-state index in [0.29, 0.717) is 12.0 Å². The van der Waals surface area contributed by atoms with Gasteiger partial charge in [-0.3, -0.25) is 29.3 Å². The van der Waals surface area contributed by atoms with Gasteiger partial charge in [0.2, 0.25) is 11.8 Å². The average molecular weight is 513 g/mol. The number of likely N-dealkylation sites (N-methyl/N-ethyl adjacent to an activating group) is 1. The van der Waals surface area contributed by atoms with Gasteiger partial charge in [0, 0.05) is 19.5 Å². The van der Waals surface area contributed by atoms with Crippen LogP contribution in [0.15, 0.2) is 24.3 Å². The summed E-state index contributed by atoms with van der Waals surface area (Å²) in [4.78, 5) is 66.4. The van der Waals surface area contributed by atoms with E-state index in [9.17, 15) is 24.0 Å². The molecule has 3 rings (SSSR count). The molecule has 0 aliphatic carbocycles. The molecule has 2 aliphatic rings. The molecule has 2 saturated heterocycles. The second-order valence-electron chi connectivity index (χ2n) is 11.7. The molecule has 0 saturated carbocycles. The van der Waals surface area contributed by atoms with Gasteiger partial charge in [-0.1, -0.05) is 46.8 Å². The Bertz CT molecular complexity index is 1060. The van der Waals surface area contributed by atoms with Gasteiger partial charge in [0.15, 0.2) is 11.6 Å². The van der Waals surface area contributed by atoms with E-state index in [1.165, 1.54) is 23.8 Å². The molecule has 4 unspecified atom stereocenters. The summed E-state index contributed by atoms with van der Waals surface area (Å²) >= 11 is 0. The van der Waals surface area contributed by atoms with Crippen LogP contribution in [0.1, 0.15) is 70.3 Å². The lowest BCUT2D eigenvalue weighted by molar-refractivity contribution is -0.139. The number of Topliss-reactive ketones (excluding diaryl/α,β-unsaturated/α-hetero) is 2. The third kappa shape index (κ3) is 6.63. The summed E-state index contributed by atoms with van der Waals surface area (Å²) in [6, 6.07) is 4.93. The number of ketones is 2. The summed E-state index contributed by atoms with van der Waals surface area (Å²) in [7, 11) is 1.53. The normalized spacial score (nSPS) is 22.1. The van der Waals surface area contributed by atoms with Crippen molar-refractivity contribution in [2.75, 3.05) is 20.1 Å². The van der Waals surface area contributed by atoms with Crippen molar-refractivity contribution in [3.63, 3.8) is 0 Å². The van der Waals surface area contributed by atoms with Gasteiger partial charge in [0.05, 0.1) is 37.3 Å². The van der Waals surface area contributed by atoms with Crippen LogP contribution in [0, 0.1) is 5.92 Å². The van der Waals surface area contributed by atoms with Crippen LogP contribution >= 0.6 is 0 Å². The predicted molar refractivity (Wildman–Crippen MR) is 140 cm³/mol. The van der Waals surface area contributed by atoms with Gasteiger partial charge in [0.25, 0.3) is 5.91 Å². The van der Waals surface area contributed by atoms with Crippen LogP contribution < -0.4 is 10.6 Å². The molecular formula is C28H40N4O5. The molecule has 37 heavy (non-hydrogen) atoms. The van der Waals surface area contributed by atoms with E-state index in [1.54, 1.807) is 12.1 Å². The van der Waals surface area contributed by atoms with Crippen molar-refractivity contribution in [3.05, 3.63) is 35.4 Å². The summed E-state index contributed by atoms with van der Waals surface area (Å²) in [6.07, 6.45) is 0.744. The van der Waals surface area contributed by atoms with Crippen molar-refractivity contribution in [3.8, 4) is 0 Å². The van der Waals surface area contributed by atoms with Crippen molar-refractivity contribution >= 4 is 29.3 Å². The van der Waals surface area contributed by atoms with Crippen molar-refractivity contribution < 1.29 is 24.0 Å². The number of carbonyl (C=O) groups is 5. The fourth-order valence-corrected chi connectivity index (χ4v) is 4.97. The van der Waals surface area contributed by atoms with Crippen LogP contribution in [-0.2, 0) is 24.6 Å². The minimum Gasteiger partial charge on any atom is -0.342 e. The molecule has 9 heteroatoms. The second kappa shape index (κ2) is 11.1. The van der Waals surface area contributed by atoms with Gasteiger partial charge in [-0.05, 0) is 41.9 Å². The molecule has 2 fully saturated rings. The Labute approximate surface area is 219 Å². The molecule has 0 radical (unpaired) electrons. The molecule has 3 amide bonds. The number of nitrogens with zero attached hydrogens (tertiary/aromatic N) is 2. The Balaban J connectivity index is 1.71. The van der Waals surface area contributed by atoms with E-state index in [4.69, 9.17) is 0 Å². The van der Waals surface area contributed by atoms with Gasteiger partial charge >= 0.3 is 0 Å². The van der Waals surface area contributed by atoms with Crippen LogP contribution in [0.25, 0.3) is 0 Å². The first-order valence-corrected chi connectivity index (χ1v) is 12.9. The number of fused-ring (bicyclic) bond motifs is 1. The molecule has 1 aromatic carbocycles. The van der Waals surface area contributed by atoms with Crippen LogP contribution in [0.5, 0.6) is 0 Å². The topological polar surface area (TPSA) is 116 Å². The zero-order valence-corrected chi connectivity index (χ0v) is 23.0. The molecule has 2 heterocycles. The third-order valence-corrected chi connectivity index (χ3v) is 7.26. The lowest BCUT2D eigenvalue weighted by Crippen LogP contribution is -2.50. The predicted octanol–water partition coefficient (Wildman–Crippen LogP) is 1.69. The summed E-state index contributed by atoms with van der Waals surface area (Å²) in [5.74, 6) is -1.07. The van der Waals surface area contributed by atoms with Crippen LogP contribution in [-0.4, -0.2) is 83.4 Å². The molecule has 4 atom stereocenters. The molecule has 202 valence electrons. The third-order valence-electron chi connectivity index (χ3n) is 7.26. The quantitative estimate of drug-likeness (QED) is 0.548. The molecule has 2 aliphatic heterocycles. The van der Waals surface area contributed by atoms with Gasteiger partial charge in [-0.25, -0.2) is 0 Å². The van der Waals surface area contributed by atoms with E-state index in [-0.39, 0.29) is 60.1 Å². The van der Waals surface area contributed by atoms with Gasteiger partial charge < -0.3 is 15.1 Å².